The second-order valence-corrected chi connectivity index (χ2v) is 6.14. The van der Waals surface area contributed by atoms with E-state index in [1.165, 1.54) is 11.3 Å². The van der Waals surface area contributed by atoms with Crippen LogP contribution < -0.4 is 5.32 Å². The molecule has 2 N–H and O–H groups in total. The lowest BCUT2D eigenvalue weighted by atomic mass is 10.2. The van der Waals surface area contributed by atoms with E-state index >= 15 is 0 Å². The van der Waals surface area contributed by atoms with Gasteiger partial charge in [-0.2, -0.15) is 0 Å². The lowest BCUT2D eigenvalue weighted by molar-refractivity contribution is -0.117. The first-order chi connectivity index (χ1) is 12.4. The van der Waals surface area contributed by atoms with E-state index in [0.29, 0.717) is 4.88 Å². The van der Waals surface area contributed by atoms with E-state index in [9.17, 15) is 9.59 Å². The van der Waals surface area contributed by atoms with Crippen LogP contribution in [0.15, 0.2) is 66.3 Å². The third-order valence-electron chi connectivity index (χ3n) is 3.23. The maximum atomic E-state index is 10.7. The standard InChI is InChI=1S/C11H8O2S.C6H11NO.C4H8/c12-11(13)10-7-6-9(14-10)8-4-2-1-3-5-8;1-4-5(2)6(8)7-3;1-3-4-2/h1-7H,(H,12,13);4H,1-3H3,(H,7,8);3-4H,1-2H3/b;5-4-;4-3-. The molecule has 0 aliphatic heterocycles. The Balaban J connectivity index is 0.000000444. The topological polar surface area (TPSA) is 66.4 Å². The zero-order valence-electron chi connectivity index (χ0n) is 15.9. The van der Waals surface area contributed by atoms with Crippen LogP contribution in [-0.2, 0) is 4.79 Å². The average Bonchev–Trinajstić information content (AvgIpc) is 3.18. The highest BCUT2D eigenvalue weighted by Crippen LogP contribution is 2.27. The Morgan fingerprint density at radius 3 is 1.92 bits per heavy atom. The number of carbonyl (C=O) groups is 2. The average molecular weight is 374 g/mol. The molecule has 1 aromatic heterocycles. The van der Waals surface area contributed by atoms with Crippen molar-refractivity contribution in [2.24, 2.45) is 0 Å². The van der Waals surface area contributed by atoms with Crippen molar-refractivity contribution in [2.45, 2.75) is 27.7 Å². The second-order valence-electron chi connectivity index (χ2n) is 5.05. The van der Waals surface area contributed by atoms with Crippen LogP contribution in [0.2, 0.25) is 0 Å². The summed E-state index contributed by atoms with van der Waals surface area (Å²) < 4.78 is 0. The molecule has 0 spiro atoms. The van der Waals surface area contributed by atoms with Crippen LogP contribution in [0.5, 0.6) is 0 Å². The third-order valence-corrected chi connectivity index (χ3v) is 4.35. The van der Waals surface area contributed by atoms with Crippen LogP contribution >= 0.6 is 11.3 Å². The van der Waals surface area contributed by atoms with E-state index in [1.807, 2.05) is 69.3 Å². The van der Waals surface area contributed by atoms with Crippen molar-refractivity contribution in [3.8, 4) is 10.4 Å². The fourth-order valence-electron chi connectivity index (χ4n) is 1.54. The lowest BCUT2D eigenvalue weighted by Crippen LogP contribution is -2.18. The van der Waals surface area contributed by atoms with E-state index in [1.54, 1.807) is 26.1 Å². The molecule has 2 aromatic rings. The zero-order valence-corrected chi connectivity index (χ0v) is 16.8. The summed E-state index contributed by atoms with van der Waals surface area (Å²) in [5.41, 5.74) is 1.82. The molecule has 1 amide bonds. The summed E-state index contributed by atoms with van der Waals surface area (Å²) in [5.74, 6) is -0.871. The number of benzene rings is 1. The molecular formula is C21H27NO3S. The van der Waals surface area contributed by atoms with Crippen molar-refractivity contribution in [2.75, 3.05) is 7.05 Å². The first-order valence-corrected chi connectivity index (χ1v) is 9.03. The van der Waals surface area contributed by atoms with Gasteiger partial charge in [0.15, 0.2) is 0 Å². The number of carbonyl (C=O) groups excluding carboxylic acids is 1. The minimum absolute atomic E-state index is 0.00694. The minimum atomic E-state index is -0.864. The summed E-state index contributed by atoms with van der Waals surface area (Å²) in [6.45, 7) is 7.61. The Hall–Kier alpha value is -2.66. The molecule has 4 nitrogen and oxygen atoms in total. The largest absolute Gasteiger partial charge is 0.477 e. The van der Waals surface area contributed by atoms with Crippen LogP contribution in [-0.4, -0.2) is 24.0 Å². The van der Waals surface area contributed by atoms with Gasteiger partial charge in [-0.3, -0.25) is 4.79 Å². The van der Waals surface area contributed by atoms with Crippen molar-refractivity contribution in [3.05, 3.63) is 71.1 Å². The predicted octanol–water partition coefficient (Wildman–Crippen LogP) is 5.39. The van der Waals surface area contributed by atoms with Gasteiger partial charge in [-0.05, 0) is 45.4 Å². The molecule has 0 saturated heterocycles. The van der Waals surface area contributed by atoms with Gasteiger partial charge in [0.1, 0.15) is 4.88 Å². The summed E-state index contributed by atoms with van der Waals surface area (Å²) >= 11 is 1.29. The molecular weight excluding hydrogens is 346 g/mol. The van der Waals surface area contributed by atoms with Gasteiger partial charge >= 0.3 is 5.97 Å². The van der Waals surface area contributed by atoms with Gasteiger partial charge < -0.3 is 10.4 Å². The van der Waals surface area contributed by atoms with Crippen molar-refractivity contribution < 1.29 is 14.7 Å². The van der Waals surface area contributed by atoms with E-state index in [-0.39, 0.29) is 5.91 Å². The number of hydrogen-bond donors (Lipinski definition) is 2. The Bertz CT molecular complexity index is 727. The van der Waals surface area contributed by atoms with Crippen LogP contribution in [0.4, 0.5) is 0 Å². The van der Waals surface area contributed by atoms with Crippen LogP contribution in [0.25, 0.3) is 10.4 Å². The van der Waals surface area contributed by atoms with Crippen molar-refractivity contribution in [1.82, 2.24) is 5.32 Å². The fraction of sp³-hybridized carbons (Fsp3) is 0.238. The summed E-state index contributed by atoms with van der Waals surface area (Å²) in [6, 6.07) is 13.2. The quantitative estimate of drug-likeness (QED) is 0.559. The highest BCUT2D eigenvalue weighted by molar-refractivity contribution is 7.17. The van der Waals surface area contributed by atoms with E-state index in [2.05, 4.69) is 5.32 Å². The first kappa shape index (κ1) is 23.3. The number of carboxylic acid groups (broad SMARTS) is 1. The van der Waals surface area contributed by atoms with Crippen LogP contribution in [0.3, 0.4) is 0 Å². The number of rotatable bonds is 3. The third kappa shape index (κ3) is 8.99. The monoisotopic (exact) mass is 373 g/mol. The Morgan fingerprint density at radius 1 is 1.00 bits per heavy atom. The summed E-state index contributed by atoms with van der Waals surface area (Å²) in [6.07, 6.45) is 5.78. The Kier molecular flexibility index (Phi) is 12.2. The summed E-state index contributed by atoms with van der Waals surface area (Å²) in [5, 5.41) is 11.3. The molecule has 26 heavy (non-hydrogen) atoms. The summed E-state index contributed by atoms with van der Waals surface area (Å²) in [4.78, 5) is 22.6. The van der Waals surface area contributed by atoms with Gasteiger partial charge in [0, 0.05) is 17.5 Å². The van der Waals surface area contributed by atoms with Crippen LogP contribution in [0, 0.1) is 0 Å². The number of carboxylic acids is 1. The Labute approximate surface area is 159 Å². The highest BCUT2D eigenvalue weighted by Gasteiger charge is 2.07. The lowest BCUT2D eigenvalue weighted by Gasteiger charge is -1.94. The molecule has 0 radical (unpaired) electrons. The van der Waals surface area contributed by atoms with Gasteiger partial charge in [-0.25, -0.2) is 4.79 Å². The fourth-order valence-corrected chi connectivity index (χ4v) is 2.39. The Morgan fingerprint density at radius 2 is 1.58 bits per heavy atom. The van der Waals surface area contributed by atoms with Gasteiger partial charge in [0.2, 0.25) is 5.91 Å². The molecule has 1 heterocycles. The van der Waals surface area contributed by atoms with Gasteiger partial charge in [0.25, 0.3) is 0 Å². The SMILES string of the molecule is C/C=C(/C)C(=O)NC.C/C=C\C.O=C(O)c1ccc(-c2ccccc2)s1. The van der Waals surface area contributed by atoms with Crippen molar-refractivity contribution >= 4 is 23.2 Å². The molecule has 0 fully saturated rings. The predicted molar refractivity (Wildman–Crippen MR) is 111 cm³/mol. The molecule has 0 aliphatic carbocycles. The molecule has 1 aromatic carbocycles. The molecule has 0 atom stereocenters. The van der Waals surface area contributed by atoms with E-state index in [0.717, 1.165) is 16.0 Å². The van der Waals surface area contributed by atoms with Crippen molar-refractivity contribution in [3.63, 3.8) is 0 Å². The number of nitrogens with one attached hydrogen (secondary N) is 1. The molecule has 2 rings (SSSR count). The minimum Gasteiger partial charge on any atom is -0.477 e. The molecule has 0 unspecified atom stereocenters. The molecule has 0 bridgehead atoms. The molecule has 0 aliphatic rings. The van der Waals surface area contributed by atoms with E-state index < -0.39 is 5.97 Å². The number of amides is 1. The van der Waals surface area contributed by atoms with Gasteiger partial charge in [-0.1, -0.05) is 48.6 Å². The van der Waals surface area contributed by atoms with E-state index in [4.69, 9.17) is 5.11 Å². The van der Waals surface area contributed by atoms with Crippen LogP contribution in [0.1, 0.15) is 37.4 Å². The zero-order chi connectivity index (χ0) is 19.9. The normalized spacial score (nSPS) is 10.3. The van der Waals surface area contributed by atoms with Crippen molar-refractivity contribution in [1.29, 1.82) is 0 Å². The number of hydrogen-bond acceptors (Lipinski definition) is 3. The molecule has 5 heteroatoms. The number of aromatic carboxylic acids is 1. The smallest absolute Gasteiger partial charge is 0.345 e. The first-order valence-electron chi connectivity index (χ1n) is 8.22. The number of allylic oxidation sites excluding steroid dienone is 3. The highest BCUT2D eigenvalue weighted by atomic mass is 32.1. The number of thiophene rings is 1. The molecule has 140 valence electrons. The maximum absolute atomic E-state index is 10.7. The van der Waals surface area contributed by atoms with Gasteiger partial charge in [0.05, 0.1) is 0 Å². The number of likely N-dealkylation sites (N-methyl/N-ethyl adjacent to an activating group) is 1. The molecule has 0 saturated carbocycles. The second kappa shape index (κ2) is 13.6. The summed E-state index contributed by atoms with van der Waals surface area (Å²) in [7, 11) is 1.62. The maximum Gasteiger partial charge on any atom is 0.345 e. The van der Waals surface area contributed by atoms with Gasteiger partial charge in [-0.15, -0.1) is 11.3 Å².